The molecular formula is C8H20N2O2. The van der Waals surface area contributed by atoms with Gasteiger partial charge in [-0.15, -0.1) is 0 Å². The van der Waals surface area contributed by atoms with Gasteiger partial charge in [-0.2, -0.15) is 0 Å². The minimum absolute atomic E-state index is 0.0682. The quantitative estimate of drug-likeness (QED) is 0.408. The third-order valence-corrected chi connectivity index (χ3v) is 1.88. The number of aliphatic hydroxyl groups excluding tert-OH is 2. The molecule has 0 aromatic heterocycles. The molecule has 0 heterocycles. The van der Waals surface area contributed by atoms with Gasteiger partial charge in [-0.1, -0.05) is 6.92 Å². The molecule has 0 saturated carbocycles. The lowest BCUT2D eigenvalue weighted by Gasteiger charge is -2.30. The minimum atomic E-state index is -0.545. The van der Waals surface area contributed by atoms with Gasteiger partial charge in [-0.3, -0.25) is 5.32 Å². The van der Waals surface area contributed by atoms with Gasteiger partial charge in [0.05, 0.1) is 18.4 Å². The van der Waals surface area contributed by atoms with Crippen LogP contribution in [-0.4, -0.2) is 35.1 Å². The summed E-state index contributed by atoms with van der Waals surface area (Å²) < 4.78 is 0. The Morgan fingerprint density at radius 1 is 1.58 bits per heavy atom. The van der Waals surface area contributed by atoms with Crippen LogP contribution in [0.5, 0.6) is 0 Å². The Labute approximate surface area is 73.8 Å². The second kappa shape index (κ2) is 5.48. The largest absolute Gasteiger partial charge is 0.395 e. The Morgan fingerprint density at radius 2 is 2.17 bits per heavy atom. The van der Waals surface area contributed by atoms with Gasteiger partial charge < -0.3 is 15.9 Å². The van der Waals surface area contributed by atoms with Crippen molar-refractivity contribution in [1.82, 2.24) is 5.32 Å². The molecule has 0 saturated heterocycles. The standard InChI is InChI=1S/C8H20N2O2/c1-3-8(9,6-7(2)12)10-4-5-11/h7,10-12H,3-6,9H2,1-2H3. The summed E-state index contributed by atoms with van der Waals surface area (Å²) in [6.07, 6.45) is 0.822. The van der Waals surface area contributed by atoms with E-state index in [9.17, 15) is 0 Å². The van der Waals surface area contributed by atoms with Crippen LogP contribution in [0.25, 0.3) is 0 Å². The zero-order valence-electron chi connectivity index (χ0n) is 7.88. The molecule has 4 heteroatoms. The Kier molecular flexibility index (Phi) is 5.41. The van der Waals surface area contributed by atoms with Crippen molar-refractivity contribution in [3.8, 4) is 0 Å². The van der Waals surface area contributed by atoms with E-state index in [2.05, 4.69) is 5.32 Å². The fourth-order valence-corrected chi connectivity index (χ4v) is 1.17. The van der Waals surface area contributed by atoms with Gasteiger partial charge in [0.15, 0.2) is 0 Å². The molecule has 0 aromatic carbocycles. The molecular weight excluding hydrogens is 156 g/mol. The lowest BCUT2D eigenvalue weighted by Crippen LogP contribution is -2.55. The molecule has 2 atom stereocenters. The van der Waals surface area contributed by atoms with E-state index in [4.69, 9.17) is 15.9 Å². The number of hydrogen-bond donors (Lipinski definition) is 4. The highest BCUT2D eigenvalue weighted by Crippen LogP contribution is 2.10. The molecule has 4 nitrogen and oxygen atoms in total. The normalized spacial score (nSPS) is 18.8. The van der Waals surface area contributed by atoms with Gasteiger partial charge in [0.1, 0.15) is 0 Å². The first-order valence-electron chi connectivity index (χ1n) is 4.37. The van der Waals surface area contributed by atoms with Crippen molar-refractivity contribution < 1.29 is 10.2 Å². The predicted octanol–water partition coefficient (Wildman–Crippen LogP) is -0.596. The fraction of sp³-hybridized carbons (Fsp3) is 1.00. The molecule has 0 radical (unpaired) electrons. The van der Waals surface area contributed by atoms with Gasteiger partial charge in [0.2, 0.25) is 0 Å². The summed E-state index contributed by atoms with van der Waals surface area (Å²) in [7, 11) is 0. The molecule has 5 N–H and O–H groups in total. The molecule has 12 heavy (non-hydrogen) atoms. The molecule has 0 fully saturated rings. The molecule has 0 bridgehead atoms. The van der Waals surface area contributed by atoms with Crippen LogP contribution < -0.4 is 11.1 Å². The van der Waals surface area contributed by atoms with Crippen molar-refractivity contribution in [2.75, 3.05) is 13.2 Å². The van der Waals surface area contributed by atoms with Crippen LogP contribution in [-0.2, 0) is 0 Å². The van der Waals surface area contributed by atoms with E-state index in [1.165, 1.54) is 0 Å². The zero-order chi connectivity index (χ0) is 9.61. The summed E-state index contributed by atoms with van der Waals surface area (Å²) in [6, 6.07) is 0. The number of nitrogens with two attached hydrogens (primary N) is 1. The second-order valence-corrected chi connectivity index (χ2v) is 3.21. The monoisotopic (exact) mass is 176 g/mol. The van der Waals surface area contributed by atoms with E-state index in [0.29, 0.717) is 13.0 Å². The van der Waals surface area contributed by atoms with Crippen LogP contribution in [0.2, 0.25) is 0 Å². The van der Waals surface area contributed by atoms with Crippen LogP contribution in [0.4, 0.5) is 0 Å². The van der Waals surface area contributed by atoms with Crippen LogP contribution in [0.3, 0.4) is 0 Å². The molecule has 74 valence electrons. The fourth-order valence-electron chi connectivity index (χ4n) is 1.17. The molecule has 0 aromatic rings. The number of nitrogens with one attached hydrogen (secondary N) is 1. The van der Waals surface area contributed by atoms with E-state index in [1.54, 1.807) is 6.92 Å². The summed E-state index contributed by atoms with van der Waals surface area (Å²) >= 11 is 0. The molecule has 0 aliphatic rings. The highest BCUT2D eigenvalue weighted by molar-refractivity contribution is 4.81. The smallest absolute Gasteiger partial charge is 0.0684 e. The molecule has 0 aliphatic carbocycles. The van der Waals surface area contributed by atoms with Crippen LogP contribution in [0, 0.1) is 0 Å². The van der Waals surface area contributed by atoms with Gasteiger partial charge in [0, 0.05) is 13.0 Å². The average Bonchev–Trinajstić information content (AvgIpc) is 2.00. The molecule has 0 rings (SSSR count). The zero-order valence-corrected chi connectivity index (χ0v) is 7.88. The van der Waals surface area contributed by atoms with Crippen LogP contribution in [0.15, 0.2) is 0 Å². The summed E-state index contributed by atoms with van der Waals surface area (Å²) in [6.45, 7) is 4.19. The Bertz CT molecular complexity index is 120. The van der Waals surface area contributed by atoms with Crippen LogP contribution >= 0.6 is 0 Å². The second-order valence-electron chi connectivity index (χ2n) is 3.21. The maximum absolute atomic E-state index is 9.14. The lowest BCUT2D eigenvalue weighted by atomic mass is 10.0. The summed E-state index contributed by atoms with van der Waals surface area (Å²) in [4.78, 5) is 0. The summed E-state index contributed by atoms with van der Waals surface area (Å²) in [5.41, 5.74) is 5.36. The van der Waals surface area contributed by atoms with Gasteiger partial charge in [0.25, 0.3) is 0 Å². The highest BCUT2D eigenvalue weighted by atomic mass is 16.3. The minimum Gasteiger partial charge on any atom is -0.395 e. The maximum atomic E-state index is 9.14. The third-order valence-electron chi connectivity index (χ3n) is 1.88. The van der Waals surface area contributed by atoms with Gasteiger partial charge >= 0.3 is 0 Å². The van der Waals surface area contributed by atoms with Crippen molar-refractivity contribution in [1.29, 1.82) is 0 Å². The van der Waals surface area contributed by atoms with E-state index >= 15 is 0 Å². The Balaban J connectivity index is 3.86. The van der Waals surface area contributed by atoms with Crippen molar-refractivity contribution >= 4 is 0 Å². The number of rotatable bonds is 6. The molecule has 0 spiro atoms. The van der Waals surface area contributed by atoms with Crippen molar-refractivity contribution in [3.05, 3.63) is 0 Å². The SMILES string of the molecule is CCC(N)(CC(C)O)NCCO. The Morgan fingerprint density at radius 3 is 2.50 bits per heavy atom. The number of aliphatic hydroxyl groups is 2. The average molecular weight is 176 g/mol. The first-order valence-corrected chi connectivity index (χ1v) is 4.37. The number of hydrogen-bond acceptors (Lipinski definition) is 4. The molecule has 2 unspecified atom stereocenters. The van der Waals surface area contributed by atoms with Crippen molar-refractivity contribution in [2.24, 2.45) is 5.73 Å². The topological polar surface area (TPSA) is 78.5 Å². The molecule has 0 aliphatic heterocycles. The summed E-state index contributed by atoms with van der Waals surface area (Å²) in [5, 5.41) is 20.7. The molecule has 0 amide bonds. The third kappa shape index (κ3) is 4.66. The van der Waals surface area contributed by atoms with Gasteiger partial charge in [-0.25, -0.2) is 0 Å². The maximum Gasteiger partial charge on any atom is 0.0684 e. The van der Waals surface area contributed by atoms with E-state index in [0.717, 1.165) is 6.42 Å². The van der Waals surface area contributed by atoms with Crippen LogP contribution in [0.1, 0.15) is 26.7 Å². The first kappa shape index (κ1) is 11.8. The van der Waals surface area contributed by atoms with E-state index < -0.39 is 11.8 Å². The van der Waals surface area contributed by atoms with E-state index in [1.807, 2.05) is 6.92 Å². The summed E-state index contributed by atoms with van der Waals surface area (Å²) in [5.74, 6) is 0. The van der Waals surface area contributed by atoms with E-state index in [-0.39, 0.29) is 6.61 Å². The predicted molar refractivity (Wildman–Crippen MR) is 48.6 cm³/mol. The highest BCUT2D eigenvalue weighted by Gasteiger charge is 2.23. The first-order chi connectivity index (χ1) is 5.54. The Hall–Kier alpha value is -0.160. The van der Waals surface area contributed by atoms with Gasteiger partial charge in [-0.05, 0) is 13.3 Å². The van der Waals surface area contributed by atoms with Crippen molar-refractivity contribution in [2.45, 2.75) is 38.5 Å². The van der Waals surface area contributed by atoms with Crippen molar-refractivity contribution in [3.63, 3.8) is 0 Å². The lowest BCUT2D eigenvalue weighted by molar-refractivity contribution is 0.127.